The summed E-state index contributed by atoms with van der Waals surface area (Å²) in [4.78, 5) is 4.90. The second-order valence-corrected chi connectivity index (χ2v) is 19.4. The molecular formula is C18H36N2OSn. The average Bonchev–Trinajstić information content (AvgIpc) is 3.01. The molecule has 0 fully saturated rings. The maximum absolute atomic E-state index is 5.30. The summed E-state index contributed by atoms with van der Waals surface area (Å²) in [6.45, 7) is 8.74. The van der Waals surface area contributed by atoms with Crippen molar-refractivity contribution in [3.8, 4) is 0 Å². The van der Waals surface area contributed by atoms with Gasteiger partial charge in [-0.1, -0.05) is 0 Å². The number of hydrogen-bond acceptors (Lipinski definition) is 2. The molecule has 0 bridgehead atoms. The van der Waals surface area contributed by atoms with Gasteiger partial charge in [-0.25, -0.2) is 0 Å². The van der Waals surface area contributed by atoms with Gasteiger partial charge < -0.3 is 0 Å². The second-order valence-electron chi connectivity index (χ2n) is 6.53. The summed E-state index contributed by atoms with van der Waals surface area (Å²) in [6.07, 6.45) is 12.3. The van der Waals surface area contributed by atoms with Gasteiger partial charge in [0.25, 0.3) is 0 Å². The van der Waals surface area contributed by atoms with Crippen LogP contribution < -0.4 is 3.84 Å². The number of hydrogen-bond donors (Lipinski definition) is 0. The van der Waals surface area contributed by atoms with Crippen LogP contribution >= 0.6 is 0 Å². The molecular weight excluding hydrogens is 379 g/mol. The number of aromatic nitrogens is 2. The minimum atomic E-state index is -2.37. The molecule has 0 saturated carbocycles. The Morgan fingerprint density at radius 1 is 1.00 bits per heavy atom. The Hall–Kier alpha value is -0.0313. The Kier molecular flexibility index (Phi) is 10.5. The van der Waals surface area contributed by atoms with Crippen molar-refractivity contribution in [2.45, 2.75) is 79.2 Å². The molecule has 1 aromatic rings. The monoisotopic (exact) mass is 416 g/mol. The zero-order valence-corrected chi connectivity index (χ0v) is 18.1. The fourth-order valence-corrected chi connectivity index (χ4v) is 19.5. The third-order valence-electron chi connectivity index (χ3n) is 4.75. The van der Waals surface area contributed by atoms with E-state index in [1.54, 1.807) is 7.11 Å². The van der Waals surface area contributed by atoms with Crippen molar-refractivity contribution in [2.75, 3.05) is 13.7 Å². The molecule has 0 aromatic carbocycles. The summed E-state index contributed by atoms with van der Waals surface area (Å²) < 4.78 is 13.7. The van der Waals surface area contributed by atoms with Crippen LogP contribution in [-0.4, -0.2) is 41.6 Å². The standard InChI is InChI=1S/C6H9N2O.3C4H9.Sn/c1-9-5-4-8-3-2-7-6-8;3*1-3-4-2;/h2-3H,4-5H2,1H3;3*1,3-4H2,2H3;. The molecule has 0 unspecified atom stereocenters. The number of methoxy groups -OCH3 is 1. The van der Waals surface area contributed by atoms with Gasteiger partial charge >= 0.3 is 142 Å². The molecule has 0 aliphatic carbocycles. The van der Waals surface area contributed by atoms with Crippen LogP contribution in [0, 0.1) is 0 Å². The number of unbranched alkanes of at least 4 members (excludes halogenated alkanes) is 3. The molecule has 128 valence electrons. The van der Waals surface area contributed by atoms with Crippen molar-refractivity contribution in [3.63, 3.8) is 0 Å². The predicted molar refractivity (Wildman–Crippen MR) is 98.6 cm³/mol. The van der Waals surface area contributed by atoms with Crippen LogP contribution in [0.25, 0.3) is 0 Å². The van der Waals surface area contributed by atoms with Gasteiger partial charge in [-0.3, -0.25) is 0 Å². The van der Waals surface area contributed by atoms with Crippen molar-refractivity contribution in [1.29, 1.82) is 0 Å². The molecule has 0 spiro atoms. The van der Waals surface area contributed by atoms with Gasteiger partial charge in [-0.05, 0) is 0 Å². The Morgan fingerprint density at radius 2 is 1.55 bits per heavy atom. The van der Waals surface area contributed by atoms with Crippen LogP contribution in [-0.2, 0) is 11.3 Å². The van der Waals surface area contributed by atoms with E-state index in [9.17, 15) is 0 Å². The SMILES string of the molecule is CCC[CH2][Sn]([CH2]CCC)([CH2]CCC)[c]1nccn1CCOC. The molecule has 0 N–H and O–H groups in total. The van der Waals surface area contributed by atoms with E-state index in [1.165, 1.54) is 55.7 Å². The molecule has 0 aliphatic heterocycles. The summed E-state index contributed by atoms with van der Waals surface area (Å²) in [5.41, 5.74) is 0. The van der Waals surface area contributed by atoms with Crippen molar-refractivity contribution in [1.82, 2.24) is 9.55 Å². The molecule has 4 heteroatoms. The summed E-state index contributed by atoms with van der Waals surface area (Å²) in [7, 11) is 1.79. The van der Waals surface area contributed by atoms with Gasteiger partial charge in [0.15, 0.2) is 0 Å². The first-order valence-corrected chi connectivity index (χ1v) is 16.7. The van der Waals surface area contributed by atoms with E-state index in [1.807, 2.05) is 6.20 Å². The zero-order chi connectivity index (χ0) is 16.3. The van der Waals surface area contributed by atoms with E-state index in [0.29, 0.717) is 0 Å². The molecule has 0 saturated heterocycles. The Bertz CT molecular complexity index is 370. The molecule has 3 nitrogen and oxygen atoms in total. The van der Waals surface area contributed by atoms with Crippen LogP contribution in [0.4, 0.5) is 0 Å². The van der Waals surface area contributed by atoms with Crippen LogP contribution in [0.1, 0.15) is 59.3 Å². The number of nitrogens with zero attached hydrogens (tertiary/aromatic N) is 2. The number of ether oxygens (including phenoxy) is 1. The fourth-order valence-electron chi connectivity index (χ4n) is 3.40. The zero-order valence-electron chi connectivity index (χ0n) is 15.2. The third kappa shape index (κ3) is 5.88. The first-order valence-electron chi connectivity index (χ1n) is 9.24. The van der Waals surface area contributed by atoms with Gasteiger partial charge in [0.2, 0.25) is 0 Å². The molecule has 0 radical (unpaired) electrons. The molecule has 1 aromatic heterocycles. The van der Waals surface area contributed by atoms with Gasteiger partial charge in [0, 0.05) is 0 Å². The van der Waals surface area contributed by atoms with Crippen LogP contribution in [0.15, 0.2) is 12.4 Å². The van der Waals surface area contributed by atoms with E-state index in [2.05, 4.69) is 31.5 Å². The molecule has 1 heterocycles. The van der Waals surface area contributed by atoms with Gasteiger partial charge in [0.1, 0.15) is 0 Å². The first-order chi connectivity index (χ1) is 10.7. The topological polar surface area (TPSA) is 27.1 Å². The Morgan fingerprint density at radius 3 is 2.00 bits per heavy atom. The number of imidazole rings is 1. The Labute approximate surface area is 141 Å². The first kappa shape index (κ1) is 20.0. The van der Waals surface area contributed by atoms with E-state index in [4.69, 9.17) is 9.72 Å². The second kappa shape index (κ2) is 11.5. The predicted octanol–water partition coefficient (Wildman–Crippen LogP) is 4.59. The van der Waals surface area contributed by atoms with E-state index >= 15 is 0 Å². The summed E-state index contributed by atoms with van der Waals surface area (Å²) in [5.74, 6) is 0. The molecule has 0 aliphatic rings. The average molecular weight is 415 g/mol. The van der Waals surface area contributed by atoms with Crippen LogP contribution in [0.5, 0.6) is 0 Å². The molecule has 22 heavy (non-hydrogen) atoms. The van der Waals surface area contributed by atoms with E-state index < -0.39 is 18.4 Å². The van der Waals surface area contributed by atoms with E-state index in [0.717, 1.165) is 13.2 Å². The van der Waals surface area contributed by atoms with Gasteiger partial charge in [0.05, 0.1) is 0 Å². The number of rotatable bonds is 13. The fraction of sp³-hybridized carbons (Fsp3) is 0.833. The van der Waals surface area contributed by atoms with Gasteiger partial charge in [-0.15, -0.1) is 0 Å². The summed E-state index contributed by atoms with van der Waals surface area (Å²) in [6, 6.07) is 0. The van der Waals surface area contributed by atoms with Crippen molar-refractivity contribution < 1.29 is 4.74 Å². The maximum atomic E-state index is 5.30. The molecule has 0 amide bonds. The van der Waals surface area contributed by atoms with Crippen LogP contribution in [0.2, 0.25) is 13.3 Å². The quantitative estimate of drug-likeness (QED) is 0.441. The van der Waals surface area contributed by atoms with Crippen LogP contribution in [0.3, 0.4) is 0 Å². The van der Waals surface area contributed by atoms with Crippen molar-refractivity contribution in [2.24, 2.45) is 0 Å². The summed E-state index contributed by atoms with van der Waals surface area (Å²) >= 11 is -2.37. The third-order valence-corrected chi connectivity index (χ3v) is 19.9. The molecule has 1 rings (SSSR count). The molecule has 0 atom stereocenters. The van der Waals surface area contributed by atoms with Crippen molar-refractivity contribution in [3.05, 3.63) is 12.4 Å². The van der Waals surface area contributed by atoms with Gasteiger partial charge in [-0.2, -0.15) is 0 Å². The summed E-state index contributed by atoms with van der Waals surface area (Å²) in [5, 5.41) is 0. The minimum absolute atomic E-state index is 0.792. The van der Waals surface area contributed by atoms with E-state index in [-0.39, 0.29) is 0 Å². The normalized spacial score (nSPS) is 12.0. The van der Waals surface area contributed by atoms with Crippen molar-refractivity contribution >= 4 is 22.2 Å². The Balaban J connectivity index is 3.05.